The van der Waals surface area contributed by atoms with Crippen molar-refractivity contribution in [1.29, 1.82) is 0 Å². The van der Waals surface area contributed by atoms with Crippen LogP contribution in [-0.2, 0) is 14.3 Å². The third-order valence-electron chi connectivity index (χ3n) is 15.2. The Labute approximate surface area is 514 Å². The van der Waals surface area contributed by atoms with Gasteiger partial charge in [-0.1, -0.05) is 301 Å². The Morgan fingerprint density at radius 1 is 0.417 bits per heavy atom. The van der Waals surface area contributed by atoms with Crippen molar-refractivity contribution in [3.05, 3.63) is 146 Å². The monoisotopic (exact) mass is 1170 g/mol. The third-order valence-corrected chi connectivity index (χ3v) is 15.2. The van der Waals surface area contributed by atoms with E-state index in [1.807, 2.05) is 6.08 Å². The average molecular weight is 1170 g/mol. The van der Waals surface area contributed by atoms with Crippen LogP contribution >= 0.6 is 0 Å². The van der Waals surface area contributed by atoms with E-state index in [1.54, 1.807) is 6.08 Å². The van der Waals surface area contributed by atoms with Gasteiger partial charge >= 0.3 is 0 Å². The summed E-state index contributed by atoms with van der Waals surface area (Å²) in [5.41, 5.74) is 0. The second-order valence-electron chi connectivity index (χ2n) is 22.9. The van der Waals surface area contributed by atoms with Gasteiger partial charge in [0, 0.05) is 6.42 Å². The van der Waals surface area contributed by atoms with Gasteiger partial charge in [-0.05, 0) is 103 Å². The predicted octanol–water partition coefficient (Wildman–Crippen LogP) is 18.6. The largest absolute Gasteiger partial charge is 0.394 e. The van der Waals surface area contributed by atoms with E-state index in [2.05, 4.69) is 153 Å². The second kappa shape index (κ2) is 62.1. The number of aliphatic hydroxyl groups excluding tert-OH is 5. The quantitative estimate of drug-likeness (QED) is 0.0261. The van der Waals surface area contributed by atoms with Gasteiger partial charge in [0.15, 0.2) is 6.29 Å². The molecule has 1 amide bonds. The van der Waals surface area contributed by atoms with E-state index in [9.17, 15) is 30.3 Å². The Kier molecular flexibility index (Phi) is 57.8. The third kappa shape index (κ3) is 50.2. The van der Waals surface area contributed by atoms with Crippen LogP contribution in [0, 0.1) is 0 Å². The van der Waals surface area contributed by atoms with Crippen molar-refractivity contribution in [3.63, 3.8) is 0 Å². The fourth-order valence-corrected chi connectivity index (χ4v) is 9.87. The van der Waals surface area contributed by atoms with E-state index in [4.69, 9.17) is 9.47 Å². The number of ether oxygens (including phenoxy) is 2. The molecular weight excluding hydrogens is 1040 g/mol. The number of unbranched alkanes of at least 4 members (excludes halogenated alkanes) is 25. The van der Waals surface area contributed by atoms with Crippen molar-refractivity contribution in [2.24, 2.45) is 0 Å². The average Bonchev–Trinajstić information content (AvgIpc) is 3.70. The van der Waals surface area contributed by atoms with Crippen LogP contribution in [0.25, 0.3) is 0 Å². The zero-order valence-corrected chi connectivity index (χ0v) is 53.4. The predicted molar refractivity (Wildman–Crippen MR) is 359 cm³/mol. The van der Waals surface area contributed by atoms with Gasteiger partial charge in [-0.2, -0.15) is 0 Å². The number of nitrogens with one attached hydrogen (secondary N) is 1. The SMILES string of the molecule is CC/C=C\C/C=C\C/C=C\C/C=C\C/C=C\C/C=C\C/C=C\C/C=C\C/C=C\C/C=C\C/C=C\CCCCCC(=O)NC(COC1OC(CO)C(O)C(O)C1O)C(O)/C=C/CCCCCCCCCCCCCCCCCCCCCCCC. The number of rotatable bonds is 57. The van der Waals surface area contributed by atoms with E-state index >= 15 is 0 Å². The molecule has 84 heavy (non-hydrogen) atoms. The first-order valence-corrected chi connectivity index (χ1v) is 34.1. The molecule has 1 fully saturated rings. The number of amides is 1. The summed E-state index contributed by atoms with van der Waals surface area (Å²) in [6.45, 7) is 3.66. The molecule has 0 aromatic carbocycles. The minimum Gasteiger partial charge on any atom is -0.394 e. The molecule has 7 atom stereocenters. The molecule has 0 aromatic rings. The van der Waals surface area contributed by atoms with Gasteiger partial charge < -0.3 is 40.3 Å². The summed E-state index contributed by atoms with van der Waals surface area (Å²) in [6.07, 6.45) is 89.3. The maximum Gasteiger partial charge on any atom is 0.220 e. The zero-order valence-electron chi connectivity index (χ0n) is 53.4. The number of carbonyl (C=O) groups excluding carboxylic acids is 1. The lowest BCUT2D eigenvalue weighted by atomic mass is 9.99. The molecule has 0 aromatic heterocycles. The van der Waals surface area contributed by atoms with Crippen LogP contribution in [-0.4, -0.2) is 87.5 Å². The normalized spacial score (nSPS) is 19.2. The minimum absolute atomic E-state index is 0.210. The lowest BCUT2D eigenvalue weighted by Gasteiger charge is -2.40. The van der Waals surface area contributed by atoms with Crippen LogP contribution in [0.3, 0.4) is 0 Å². The molecule has 0 spiro atoms. The van der Waals surface area contributed by atoms with Gasteiger partial charge in [0.25, 0.3) is 0 Å². The highest BCUT2D eigenvalue weighted by atomic mass is 16.7. The number of allylic oxidation sites excluding steroid dienone is 23. The van der Waals surface area contributed by atoms with E-state index < -0.39 is 49.5 Å². The fraction of sp³-hybridized carbons (Fsp3) is 0.667. The van der Waals surface area contributed by atoms with Crippen molar-refractivity contribution in [2.45, 2.75) is 307 Å². The van der Waals surface area contributed by atoms with Crippen molar-refractivity contribution < 1.29 is 39.8 Å². The molecule has 9 nitrogen and oxygen atoms in total. The zero-order chi connectivity index (χ0) is 60.7. The maximum absolute atomic E-state index is 13.1. The van der Waals surface area contributed by atoms with Crippen LogP contribution in [0.15, 0.2) is 146 Å². The van der Waals surface area contributed by atoms with Crippen LogP contribution in [0.4, 0.5) is 0 Å². The number of aliphatic hydroxyl groups is 5. The number of carbonyl (C=O) groups is 1. The van der Waals surface area contributed by atoms with Gasteiger partial charge in [0.2, 0.25) is 5.91 Å². The van der Waals surface area contributed by atoms with Gasteiger partial charge in [0.1, 0.15) is 24.4 Å². The number of hydrogen-bond donors (Lipinski definition) is 6. The molecule has 9 heteroatoms. The Bertz CT molecular complexity index is 1830. The molecule has 7 unspecified atom stereocenters. The lowest BCUT2D eigenvalue weighted by Crippen LogP contribution is -2.60. The first kappa shape index (κ1) is 78.1. The summed E-state index contributed by atoms with van der Waals surface area (Å²) >= 11 is 0. The van der Waals surface area contributed by atoms with E-state index in [-0.39, 0.29) is 12.5 Å². The Balaban J connectivity index is 2.22. The van der Waals surface area contributed by atoms with Gasteiger partial charge in [0.05, 0.1) is 25.4 Å². The molecule has 1 saturated heterocycles. The second-order valence-corrected chi connectivity index (χ2v) is 22.9. The topological polar surface area (TPSA) is 149 Å². The van der Waals surface area contributed by atoms with Crippen molar-refractivity contribution in [1.82, 2.24) is 5.32 Å². The highest BCUT2D eigenvalue weighted by Crippen LogP contribution is 2.23. The summed E-state index contributed by atoms with van der Waals surface area (Å²) < 4.78 is 11.3. The molecule has 0 bridgehead atoms. The van der Waals surface area contributed by atoms with E-state index in [1.165, 1.54) is 128 Å². The molecule has 478 valence electrons. The van der Waals surface area contributed by atoms with Crippen molar-refractivity contribution >= 4 is 5.91 Å². The summed E-state index contributed by atoms with van der Waals surface area (Å²) in [5, 5.41) is 54.7. The highest BCUT2D eigenvalue weighted by molar-refractivity contribution is 5.76. The smallest absolute Gasteiger partial charge is 0.220 e. The molecule has 0 radical (unpaired) electrons. The molecule has 1 aliphatic heterocycles. The summed E-state index contributed by atoms with van der Waals surface area (Å²) in [7, 11) is 0. The number of hydrogen-bond acceptors (Lipinski definition) is 8. The molecule has 1 heterocycles. The van der Waals surface area contributed by atoms with Crippen LogP contribution in [0.2, 0.25) is 0 Å². The Hall–Kier alpha value is -3.93. The summed E-state index contributed by atoms with van der Waals surface area (Å²) in [5.74, 6) is -0.212. The molecular formula is C75H125NO8. The minimum atomic E-state index is -1.58. The van der Waals surface area contributed by atoms with E-state index in [0.29, 0.717) is 12.8 Å². The van der Waals surface area contributed by atoms with Crippen molar-refractivity contribution in [3.8, 4) is 0 Å². The standard InChI is InChI=1S/C75H125NO8/c1-3-5-7-9-11-13-15-17-19-21-23-25-27-29-30-31-32-33-34-35-36-37-38-39-40-41-43-45-47-49-51-53-55-57-59-61-63-65-71(79)76-68(67-83-75-74(82)73(81)72(80)70(66-77)84-75)69(78)64-62-60-58-56-54-52-50-48-46-44-42-28-26-24-22-20-18-16-14-12-10-8-6-4-2/h5,7,11,13,17,19,23,25,29-30,32-33,35-36,38-39,41,43,47,49,53,55,62,64,68-70,72-75,77-78,80-82H,3-4,6,8-10,12,14-16,18,20-22,24,26-28,31,34,37,40,42,44-46,48,50-52,54,56-61,63,65-67H2,1-2H3,(H,76,79)/b7-5-,13-11-,19-17-,25-23-,30-29-,33-32-,36-35-,39-38-,43-41-,49-47-,55-53-,64-62+. The highest BCUT2D eigenvalue weighted by Gasteiger charge is 2.44. The van der Waals surface area contributed by atoms with Gasteiger partial charge in [-0.15, -0.1) is 0 Å². The first-order valence-electron chi connectivity index (χ1n) is 34.1. The molecule has 0 saturated carbocycles. The van der Waals surface area contributed by atoms with Crippen molar-refractivity contribution in [2.75, 3.05) is 13.2 Å². The maximum atomic E-state index is 13.1. The lowest BCUT2D eigenvalue weighted by molar-refractivity contribution is -0.302. The Morgan fingerprint density at radius 3 is 1.10 bits per heavy atom. The molecule has 6 N–H and O–H groups in total. The first-order chi connectivity index (χ1) is 41.3. The van der Waals surface area contributed by atoms with Crippen LogP contribution in [0.1, 0.15) is 264 Å². The van der Waals surface area contributed by atoms with Gasteiger partial charge in [-0.3, -0.25) is 4.79 Å². The van der Waals surface area contributed by atoms with Crippen LogP contribution in [0.5, 0.6) is 0 Å². The summed E-state index contributed by atoms with van der Waals surface area (Å²) in [4.78, 5) is 13.1. The van der Waals surface area contributed by atoms with Crippen LogP contribution < -0.4 is 5.32 Å². The summed E-state index contributed by atoms with van der Waals surface area (Å²) in [6, 6.07) is -0.836. The molecule has 0 aliphatic carbocycles. The Morgan fingerprint density at radius 2 is 0.738 bits per heavy atom. The fourth-order valence-electron chi connectivity index (χ4n) is 9.87. The molecule has 1 rings (SSSR count). The molecule has 1 aliphatic rings. The van der Waals surface area contributed by atoms with Gasteiger partial charge in [-0.25, -0.2) is 0 Å². The van der Waals surface area contributed by atoms with E-state index in [0.717, 1.165) is 109 Å².